The topological polar surface area (TPSA) is 45.9 Å². The first-order valence-electron chi connectivity index (χ1n) is 4.86. The van der Waals surface area contributed by atoms with Gasteiger partial charge in [0.15, 0.2) is 0 Å². The van der Waals surface area contributed by atoms with E-state index in [0.717, 1.165) is 17.7 Å². The third-order valence-electron chi connectivity index (χ3n) is 2.56. The van der Waals surface area contributed by atoms with E-state index in [-0.39, 0.29) is 17.4 Å². The van der Waals surface area contributed by atoms with Gasteiger partial charge in [0.05, 0.1) is 23.5 Å². The van der Waals surface area contributed by atoms with Crippen LogP contribution in [-0.2, 0) is 11.2 Å². The van der Waals surface area contributed by atoms with Crippen molar-refractivity contribution < 1.29 is 4.74 Å². The Balaban J connectivity index is 2.53. The Hall–Kier alpha value is -1.11. The minimum Gasteiger partial charge on any atom is -0.370 e. The van der Waals surface area contributed by atoms with Crippen molar-refractivity contribution in [3.05, 3.63) is 28.0 Å². The van der Waals surface area contributed by atoms with E-state index in [1.54, 1.807) is 6.07 Å². The highest BCUT2D eigenvalue weighted by Gasteiger charge is 2.24. The fourth-order valence-corrected chi connectivity index (χ4v) is 2.08. The molecule has 0 aromatic carbocycles. The minimum absolute atomic E-state index is 0.0133. The summed E-state index contributed by atoms with van der Waals surface area (Å²) in [4.78, 5) is 4.25. The standard InChI is InChI=1S/C11H11ClN2O/c1-6-3-10-9(7(2)15-6)4-8(5-13)11(12)14-10/h4,6-7H,3H2,1-2H3/t6-,7+/m1/s1. The quantitative estimate of drug-likeness (QED) is 0.634. The van der Waals surface area contributed by atoms with Gasteiger partial charge in [-0.3, -0.25) is 0 Å². The summed E-state index contributed by atoms with van der Waals surface area (Å²) in [5.41, 5.74) is 2.35. The monoisotopic (exact) mass is 222 g/mol. The molecule has 15 heavy (non-hydrogen) atoms. The molecule has 0 saturated heterocycles. The molecule has 3 nitrogen and oxygen atoms in total. The van der Waals surface area contributed by atoms with E-state index in [9.17, 15) is 0 Å². The van der Waals surface area contributed by atoms with Crippen LogP contribution in [0.2, 0.25) is 5.15 Å². The summed E-state index contributed by atoms with van der Waals surface area (Å²) in [6.45, 7) is 3.97. The lowest BCUT2D eigenvalue weighted by molar-refractivity contribution is -0.00594. The number of hydrogen-bond acceptors (Lipinski definition) is 3. The average Bonchev–Trinajstić information content (AvgIpc) is 2.16. The number of pyridine rings is 1. The molecule has 78 valence electrons. The number of nitrogens with zero attached hydrogens (tertiary/aromatic N) is 2. The molecule has 4 heteroatoms. The molecular weight excluding hydrogens is 212 g/mol. The van der Waals surface area contributed by atoms with Gasteiger partial charge < -0.3 is 4.74 Å². The third-order valence-corrected chi connectivity index (χ3v) is 2.85. The molecule has 1 aliphatic heterocycles. The maximum Gasteiger partial charge on any atom is 0.147 e. The molecule has 0 spiro atoms. The first-order valence-corrected chi connectivity index (χ1v) is 5.24. The molecule has 0 bridgehead atoms. The molecule has 2 atom stereocenters. The van der Waals surface area contributed by atoms with Crippen LogP contribution in [0.1, 0.15) is 36.8 Å². The summed E-state index contributed by atoms with van der Waals surface area (Å²) < 4.78 is 5.66. The van der Waals surface area contributed by atoms with Gasteiger partial charge in [-0.05, 0) is 19.9 Å². The Morgan fingerprint density at radius 1 is 1.60 bits per heavy atom. The predicted octanol–water partition coefficient (Wildman–Crippen LogP) is 2.63. The normalized spacial score (nSPS) is 24.4. The number of hydrogen-bond donors (Lipinski definition) is 0. The number of aromatic nitrogens is 1. The second-order valence-electron chi connectivity index (χ2n) is 3.77. The fourth-order valence-electron chi connectivity index (χ4n) is 1.88. The third kappa shape index (κ3) is 1.83. The second-order valence-corrected chi connectivity index (χ2v) is 4.13. The molecule has 1 aromatic rings. The first kappa shape index (κ1) is 10.4. The van der Waals surface area contributed by atoms with E-state index < -0.39 is 0 Å². The zero-order valence-corrected chi connectivity index (χ0v) is 9.38. The van der Waals surface area contributed by atoms with Crippen molar-refractivity contribution in [1.82, 2.24) is 4.98 Å². The SMILES string of the molecule is C[C@@H]1Cc2nc(Cl)c(C#N)cc2[C@H](C)O1. The van der Waals surface area contributed by atoms with Gasteiger partial charge in [-0.15, -0.1) is 0 Å². The molecule has 1 aliphatic rings. The molecule has 0 amide bonds. The van der Waals surface area contributed by atoms with Crippen LogP contribution in [0.4, 0.5) is 0 Å². The lowest BCUT2D eigenvalue weighted by Gasteiger charge is -2.27. The second kappa shape index (κ2) is 3.80. The van der Waals surface area contributed by atoms with Crippen molar-refractivity contribution in [1.29, 1.82) is 5.26 Å². The van der Waals surface area contributed by atoms with Crippen LogP contribution in [0, 0.1) is 11.3 Å². The average molecular weight is 223 g/mol. The number of ether oxygens (including phenoxy) is 1. The minimum atomic E-state index is -0.0133. The molecule has 0 aliphatic carbocycles. The van der Waals surface area contributed by atoms with Crippen LogP contribution >= 0.6 is 11.6 Å². The summed E-state index contributed by atoms with van der Waals surface area (Å²) in [6, 6.07) is 3.81. The highest BCUT2D eigenvalue weighted by atomic mass is 35.5. The maximum absolute atomic E-state index is 8.84. The van der Waals surface area contributed by atoms with Crippen LogP contribution in [0.15, 0.2) is 6.07 Å². The van der Waals surface area contributed by atoms with E-state index in [4.69, 9.17) is 21.6 Å². The molecule has 2 heterocycles. The molecular formula is C11H11ClN2O. The zero-order chi connectivity index (χ0) is 11.0. The Labute approximate surface area is 93.6 Å². The molecule has 0 saturated carbocycles. The zero-order valence-electron chi connectivity index (χ0n) is 8.62. The number of halogens is 1. The predicted molar refractivity (Wildman–Crippen MR) is 56.6 cm³/mol. The molecule has 0 unspecified atom stereocenters. The van der Waals surface area contributed by atoms with Crippen LogP contribution in [0.3, 0.4) is 0 Å². The lowest BCUT2D eigenvalue weighted by Crippen LogP contribution is -2.23. The van der Waals surface area contributed by atoms with Crippen molar-refractivity contribution in [3.63, 3.8) is 0 Å². The number of nitriles is 1. The Morgan fingerprint density at radius 2 is 2.33 bits per heavy atom. The molecule has 2 rings (SSSR count). The number of rotatable bonds is 0. The smallest absolute Gasteiger partial charge is 0.147 e. The highest BCUT2D eigenvalue weighted by Crippen LogP contribution is 2.31. The van der Waals surface area contributed by atoms with Crippen molar-refractivity contribution in [2.75, 3.05) is 0 Å². The van der Waals surface area contributed by atoms with Crippen LogP contribution in [0.5, 0.6) is 0 Å². The summed E-state index contributed by atoms with van der Waals surface area (Å²) in [5, 5.41) is 9.13. The summed E-state index contributed by atoms with van der Waals surface area (Å²) in [5.74, 6) is 0. The van der Waals surface area contributed by atoms with Gasteiger partial charge in [-0.25, -0.2) is 4.98 Å². The summed E-state index contributed by atoms with van der Waals surface area (Å²) in [6.07, 6.45) is 0.898. The van der Waals surface area contributed by atoms with E-state index in [2.05, 4.69) is 4.98 Å². The highest BCUT2D eigenvalue weighted by molar-refractivity contribution is 6.30. The van der Waals surface area contributed by atoms with Crippen molar-refractivity contribution in [2.45, 2.75) is 32.5 Å². The van der Waals surface area contributed by atoms with Crippen LogP contribution in [-0.4, -0.2) is 11.1 Å². The van der Waals surface area contributed by atoms with Crippen molar-refractivity contribution >= 4 is 11.6 Å². The Kier molecular flexibility index (Phi) is 2.64. The van der Waals surface area contributed by atoms with E-state index in [1.807, 2.05) is 19.9 Å². The Bertz CT molecular complexity index is 439. The van der Waals surface area contributed by atoms with E-state index in [1.165, 1.54) is 0 Å². The van der Waals surface area contributed by atoms with Gasteiger partial charge in [0.1, 0.15) is 11.2 Å². The summed E-state index contributed by atoms with van der Waals surface area (Å²) >= 11 is 5.88. The van der Waals surface area contributed by atoms with E-state index in [0.29, 0.717) is 5.56 Å². The van der Waals surface area contributed by atoms with Gasteiger partial charge in [-0.2, -0.15) is 5.26 Å². The van der Waals surface area contributed by atoms with Crippen LogP contribution < -0.4 is 0 Å². The molecule has 0 radical (unpaired) electrons. The van der Waals surface area contributed by atoms with Gasteiger partial charge in [0, 0.05) is 12.0 Å². The van der Waals surface area contributed by atoms with Gasteiger partial charge in [0.2, 0.25) is 0 Å². The van der Waals surface area contributed by atoms with Crippen molar-refractivity contribution in [3.8, 4) is 6.07 Å². The molecule has 0 N–H and O–H groups in total. The van der Waals surface area contributed by atoms with E-state index >= 15 is 0 Å². The van der Waals surface area contributed by atoms with Crippen LogP contribution in [0.25, 0.3) is 0 Å². The van der Waals surface area contributed by atoms with Gasteiger partial charge in [-0.1, -0.05) is 11.6 Å². The largest absolute Gasteiger partial charge is 0.370 e. The molecule has 0 fully saturated rings. The molecule has 1 aromatic heterocycles. The first-order chi connectivity index (χ1) is 7.11. The summed E-state index contributed by atoms with van der Waals surface area (Å²) in [7, 11) is 0. The van der Waals surface area contributed by atoms with Gasteiger partial charge in [0.25, 0.3) is 0 Å². The fraction of sp³-hybridized carbons (Fsp3) is 0.455. The lowest BCUT2D eigenvalue weighted by atomic mass is 9.99. The van der Waals surface area contributed by atoms with Crippen molar-refractivity contribution in [2.24, 2.45) is 0 Å². The maximum atomic E-state index is 8.84. The Morgan fingerprint density at radius 3 is 3.00 bits per heavy atom. The van der Waals surface area contributed by atoms with Gasteiger partial charge >= 0.3 is 0 Å². The number of fused-ring (bicyclic) bond motifs is 1.